The van der Waals surface area contributed by atoms with Crippen molar-refractivity contribution in [3.63, 3.8) is 0 Å². The van der Waals surface area contributed by atoms with Gasteiger partial charge in [0.1, 0.15) is 4.99 Å². The van der Waals surface area contributed by atoms with Crippen LogP contribution in [-0.2, 0) is 0 Å². The Labute approximate surface area is 132 Å². The monoisotopic (exact) mass is 310 g/mol. The molecule has 0 amide bonds. The summed E-state index contributed by atoms with van der Waals surface area (Å²) in [4.78, 5) is 0.420. The van der Waals surface area contributed by atoms with E-state index in [4.69, 9.17) is 29.6 Å². The molecule has 20 heavy (non-hydrogen) atoms. The molecule has 1 fully saturated rings. The molecule has 0 unspecified atom stereocenters. The zero-order valence-electron chi connectivity index (χ0n) is 12.0. The molecule has 4 heteroatoms. The number of nitrogens with one attached hydrogen (secondary N) is 1. The molecule has 0 aromatic heterocycles. The molecule has 0 aliphatic heterocycles. The summed E-state index contributed by atoms with van der Waals surface area (Å²) in [7, 11) is 0. The number of anilines is 1. The van der Waals surface area contributed by atoms with E-state index in [1.165, 1.54) is 38.5 Å². The summed E-state index contributed by atoms with van der Waals surface area (Å²) in [5, 5.41) is 4.30. The fourth-order valence-electron chi connectivity index (χ4n) is 3.07. The van der Waals surface area contributed by atoms with E-state index in [1.807, 2.05) is 18.2 Å². The molecule has 1 aliphatic rings. The maximum atomic E-state index is 6.08. The Kier molecular flexibility index (Phi) is 5.67. The highest BCUT2D eigenvalue weighted by molar-refractivity contribution is 7.80. The highest BCUT2D eigenvalue weighted by atomic mass is 35.5. The molecule has 1 aliphatic carbocycles. The molecular formula is C16H23ClN2S. The van der Waals surface area contributed by atoms with Gasteiger partial charge in [0.05, 0.1) is 0 Å². The predicted octanol–water partition coefficient (Wildman–Crippen LogP) is 4.75. The van der Waals surface area contributed by atoms with Crippen LogP contribution in [0.4, 0.5) is 5.69 Å². The molecule has 0 spiro atoms. The Bertz CT molecular complexity index is 468. The van der Waals surface area contributed by atoms with Gasteiger partial charge in [-0.2, -0.15) is 0 Å². The zero-order chi connectivity index (χ0) is 14.5. The minimum absolute atomic E-state index is 0.420. The van der Waals surface area contributed by atoms with Crippen molar-refractivity contribution in [1.29, 1.82) is 0 Å². The van der Waals surface area contributed by atoms with Crippen molar-refractivity contribution in [2.75, 3.05) is 5.32 Å². The van der Waals surface area contributed by atoms with Crippen LogP contribution in [0.15, 0.2) is 18.2 Å². The first-order valence-corrected chi connectivity index (χ1v) is 8.24. The van der Waals surface area contributed by atoms with Gasteiger partial charge in [-0.05, 0) is 49.8 Å². The minimum atomic E-state index is 0.420. The Morgan fingerprint density at radius 2 is 2.05 bits per heavy atom. The second-order valence-electron chi connectivity index (χ2n) is 5.70. The molecule has 1 aromatic carbocycles. The molecular weight excluding hydrogens is 288 g/mol. The van der Waals surface area contributed by atoms with Gasteiger partial charge < -0.3 is 11.1 Å². The van der Waals surface area contributed by atoms with E-state index in [-0.39, 0.29) is 0 Å². The Hall–Kier alpha value is -0.800. The first kappa shape index (κ1) is 15.6. The van der Waals surface area contributed by atoms with Gasteiger partial charge in [0.2, 0.25) is 0 Å². The minimum Gasteiger partial charge on any atom is -0.389 e. The van der Waals surface area contributed by atoms with Crippen molar-refractivity contribution in [3.05, 3.63) is 28.8 Å². The van der Waals surface area contributed by atoms with Crippen molar-refractivity contribution in [2.24, 2.45) is 11.7 Å². The van der Waals surface area contributed by atoms with Gasteiger partial charge >= 0.3 is 0 Å². The molecule has 2 nitrogen and oxygen atoms in total. The maximum absolute atomic E-state index is 6.08. The predicted molar refractivity (Wildman–Crippen MR) is 91.6 cm³/mol. The standard InChI is InChI=1S/C16H23ClN2S/c1-2-3-11-4-7-13(8-5-11)19-15-10-12(17)6-9-14(15)16(18)20/h6,9-11,13,19H,2-5,7-8H2,1H3,(H2,18,20). The van der Waals surface area contributed by atoms with Crippen LogP contribution in [0.25, 0.3) is 0 Å². The van der Waals surface area contributed by atoms with Crippen molar-refractivity contribution >= 4 is 34.5 Å². The first-order chi connectivity index (χ1) is 9.60. The van der Waals surface area contributed by atoms with Gasteiger partial charge in [-0.15, -0.1) is 0 Å². The molecule has 0 bridgehead atoms. The van der Waals surface area contributed by atoms with Crippen LogP contribution in [0, 0.1) is 5.92 Å². The molecule has 0 radical (unpaired) electrons. The number of halogens is 1. The topological polar surface area (TPSA) is 38.0 Å². The van der Waals surface area contributed by atoms with Crippen molar-refractivity contribution < 1.29 is 0 Å². The van der Waals surface area contributed by atoms with E-state index in [9.17, 15) is 0 Å². The zero-order valence-corrected chi connectivity index (χ0v) is 13.6. The molecule has 0 saturated heterocycles. The fourth-order valence-corrected chi connectivity index (χ4v) is 3.42. The molecule has 3 N–H and O–H groups in total. The van der Waals surface area contributed by atoms with Crippen LogP contribution in [0.5, 0.6) is 0 Å². The van der Waals surface area contributed by atoms with Crippen LogP contribution < -0.4 is 11.1 Å². The van der Waals surface area contributed by atoms with E-state index in [0.29, 0.717) is 16.1 Å². The fraction of sp³-hybridized carbons (Fsp3) is 0.562. The summed E-state index contributed by atoms with van der Waals surface area (Å²) < 4.78 is 0. The van der Waals surface area contributed by atoms with Crippen LogP contribution in [-0.4, -0.2) is 11.0 Å². The second kappa shape index (κ2) is 7.28. The van der Waals surface area contributed by atoms with Gasteiger partial charge in [-0.25, -0.2) is 0 Å². The highest BCUT2D eigenvalue weighted by Crippen LogP contribution is 2.31. The van der Waals surface area contributed by atoms with E-state index < -0.39 is 0 Å². The van der Waals surface area contributed by atoms with Crippen LogP contribution in [0.3, 0.4) is 0 Å². The average Bonchev–Trinajstić information content (AvgIpc) is 2.41. The number of hydrogen-bond acceptors (Lipinski definition) is 2. The van der Waals surface area contributed by atoms with Crippen LogP contribution >= 0.6 is 23.8 Å². The average molecular weight is 311 g/mol. The summed E-state index contributed by atoms with van der Waals surface area (Å²) in [6, 6.07) is 6.16. The van der Waals surface area contributed by atoms with Crippen LogP contribution in [0.1, 0.15) is 51.0 Å². The summed E-state index contributed by atoms with van der Waals surface area (Å²) in [5.74, 6) is 0.910. The summed E-state index contributed by atoms with van der Waals surface area (Å²) in [5.41, 5.74) is 7.64. The second-order valence-corrected chi connectivity index (χ2v) is 6.58. The molecule has 110 valence electrons. The summed E-state index contributed by atoms with van der Waals surface area (Å²) in [6.45, 7) is 2.27. The molecule has 1 aromatic rings. The van der Waals surface area contributed by atoms with Gasteiger partial charge in [-0.3, -0.25) is 0 Å². The number of rotatable bonds is 5. The molecule has 0 atom stereocenters. The van der Waals surface area contributed by atoms with Gasteiger partial charge in [-0.1, -0.05) is 43.6 Å². The van der Waals surface area contributed by atoms with Gasteiger partial charge in [0.15, 0.2) is 0 Å². The summed E-state index contributed by atoms with van der Waals surface area (Å²) in [6.07, 6.45) is 7.72. The van der Waals surface area contributed by atoms with E-state index in [2.05, 4.69) is 12.2 Å². The van der Waals surface area contributed by atoms with E-state index in [0.717, 1.165) is 17.2 Å². The van der Waals surface area contributed by atoms with Crippen molar-refractivity contribution in [2.45, 2.75) is 51.5 Å². The molecule has 2 rings (SSSR count). The van der Waals surface area contributed by atoms with E-state index in [1.54, 1.807) is 0 Å². The highest BCUT2D eigenvalue weighted by Gasteiger charge is 2.21. The normalized spacial score (nSPS) is 22.5. The van der Waals surface area contributed by atoms with Crippen molar-refractivity contribution in [1.82, 2.24) is 0 Å². The number of hydrogen-bond donors (Lipinski definition) is 2. The summed E-state index contributed by atoms with van der Waals surface area (Å²) >= 11 is 11.2. The lowest BCUT2D eigenvalue weighted by Gasteiger charge is -2.30. The molecule has 1 saturated carbocycles. The lowest BCUT2D eigenvalue weighted by Crippen LogP contribution is -2.27. The quantitative estimate of drug-likeness (QED) is 0.771. The Morgan fingerprint density at radius 3 is 2.65 bits per heavy atom. The largest absolute Gasteiger partial charge is 0.389 e. The smallest absolute Gasteiger partial charge is 0.106 e. The van der Waals surface area contributed by atoms with Crippen LogP contribution in [0.2, 0.25) is 5.02 Å². The third-order valence-electron chi connectivity index (χ3n) is 4.15. The number of thiocarbonyl (C=S) groups is 1. The Balaban J connectivity index is 2.00. The lowest BCUT2D eigenvalue weighted by atomic mass is 9.83. The van der Waals surface area contributed by atoms with Crippen molar-refractivity contribution in [3.8, 4) is 0 Å². The number of nitrogens with two attached hydrogens (primary N) is 1. The van der Waals surface area contributed by atoms with Gasteiger partial charge in [0, 0.05) is 22.3 Å². The third kappa shape index (κ3) is 4.10. The number of benzene rings is 1. The third-order valence-corrected chi connectivity index (χ3v) is 4.61. The first-order valence-electron chi connectivity index (χ1n) is 7.46. The lowest BCUT2D eigenvalue weighted by molar-refractivity contribution is 0.319. The Morgan fingerprint density at radius 1 is 1.35 bits per heavy atom. The van der Waals surface area contributed by atoms with E-state index >= 15 is 0 Å². The van der Waals surface area contributed by atoms with Gasteiger partial charge in [0.25, 0.3) is 0 Å². The SMILES string of the molecule is CCCC1CCC(Nc2cc(Cl)ccc2C(N)=S)CC1. The maximum Gasteiger partial charge on any atom is 0.106 e. The molecule has 0 heterocycles.